The normalized spacial score (nSPS) is 15.6. The summed E-state index contributed by atoms with van der Waals surface area (Å²) in [6, 6.07) is 2.75. The molecule has 1 aromatic carbocycles. The van der Waals surface area contributed by atoms with Crippen molar-refractivity contribution in [1.29, 1.82) is 0 Å². The second kappa shape index (κ2) is 6.34. The highest BCUT2D eigenvalue weighted by Crippen LogP contribution is 2.40. The third kappa shape index (κ3) is 3.75. The lowest BCUT2D eigenvalue weighted by Crippen LogP contribution is -2.46. The van der Waals surface area contributed by atoms with E-state index in [4.69, 9.17) is 31.9 Å². The predicted octanol–water partition coefficient (Wildman–Crippen LogP) is 2.53. The van der Waals surface area contributed by atoms with Crippen LogP contribution in [0, 0.1) is 0 Å². The summed E-state index contributed by atoms with van der Waals surface area (Å²) in [5, 5.41) is 9.52. The summed E-state index contributed by atoms with van der Waals surface area (Å²) >= 11 is 7.64. The van der Waals surface area contributed by atoms with Gasteiger partial charge in [0.2, 0.25) is 0 Å². The van der Waals surface area contributed by atoms with E-state index >= 15 is 0 Å². The van der Waals surface area contributed by atoms with Crippen molar-refractivity contribution in [2.45, 2.75) is 30.4 Å². The van der Waals surface area contributed by atoms with E-state index < -0.39 is 16.8 Å². The van der Waals surface area contributed by atoms with Gasteiger partial charge in [-0.25, -0.2) is 0 Å². The largest absolute Gasteiger partial charge is 0.486 e. The van der Waals surface area contributed by atoms with Gasteiger partial charge in [-0.15, -0.1) is 11.8 Å². The van der Waals surface area contributed by atoms with Gasteiger partial charge in [0.25, 0.3) is 0 Å². The van der Waals surface area contributed by atoms with Crippen molar-refractivity contribution >= 4 is 29.3 Å². The molecule has 0 fully saturated rings. The quantitative estimate of drug-likeness (QED) is 0.863. The first-order chi connectivity index (χ1) is 9.81. The maximum atomic E-state index is 11.0. The number of thioether (sulfide) groups is 1. The zero-order valence-electron chi connectivity index (χ0n) is 11.9. The number of hydrogen-bond acceptors (Lipinski definition) is 5. The SMILES string of the molecule is CC(C)(SCc1cc(Cl)c2c(c1)OCCO2)[C@@H](N)C(=O)O. The highest BCUT2D eigenvalue weighted by atomic mass is 35.5. The molecule has 1 atom stereocenters. The summed E-state index contributed by atoms with van der Waals surface area (Å²) in [4.78, 5) is 11.0. The smallest absolute Gasteiger partial charge is 0.321 e. The Morgan fingerprint density at radius 1 is 1.48 bits per heavy atom. The standard InChI is InChI=1S/C14H18ClNO4S/c1-14(2,12(16)13(17)18)21-7-8-5-9(15)11-10(6-8)19-3-4-20-11/h5-6,12H,3-4,7,16H2,1-2H3,(H,17,18)/t12-/m0/s1. The van der Waals surface area contributed by atoms with E-state index in [1.54, 1.807) is 0 Å². The highest BCUT2D eigenvalue weighted by Gasteiger charge is 2.32. The van der Waals surface area contributed by atoms with Crippen LogP contribution in [0.5, 0.6) is 11.5 Å². The molecular weight excluding hydrogens is 314 g/mol. The molecule has 0 unspecified atom stereocenters. The number of fused-ring (bicyclic) bond motifs is 1. The Hall–Kier alpha value is -1.11. The topological polar surface area (TPSA) is 81.8 Å². The fraction of sp³-hybridized carbons (Fsp3) is 0.500. The van der Waals surface area contributed by atoms with Crippen LogP contribution in [0.25, 0.3) is 0 Å². The monoisotopic (exact) mass is 331 g/mol. The molecule has 0 aromatic heterocycles. The summed E-state index contributed by atoms with van der Waals surface area (Å²) in [7, 11) is 0. The van der Waals surface area contributed by atoms with Gasteiger partial charge in [0, 0.05) is 10.5 Å². The van der Waals surface area contributed by atoms with E-state index in [1.807, 2.05) is 26.0 Å². The lowest BCUT2D eigenvalue weighted by Gasteiger charge is -2.28. The van der Waals surface area contributed by atoms with E-state index in [0.717, 1.165) is 5.56 Å². The molecule has 0 spiro atoms. The number of nitrogens with two attached hydrogens (primary N) is 1. The van der Waals surface area contributed by atoms with Gasteiger partial charge in [0.1, 0.15) is 19.3 Å². The third-order valence-corrected chi connectivity index (χ3v) is 5.04. The van der Waals surface area contributed by atoms with Gasteiger partial charge in [-0.1, -0.05) is 11.6 Å². The molecule has 0 saturated heterocycles. The first-order valence-electron chi connectivity index (χ1n) is 6.51. The summed E-state index contributed by atoms with van der Waals surface area (Å²) in [5.74, 6) is 0.778. The Morgan fingerprint density at radius 3 is 2.81 bits per heavy atom. The van der Waals surface area contributed by atoms with Gasteiger partial charge in [-0.2, -0.15) is 0 Å². The van der Waals surface area contributed by atoms with Gasteiger partial charge in [-0.3, -0.25) is 4.79 Å². The molecule has 3 N–H and O–H groups in total. The number of carboxylic acids is 1. The van der Waals surface area contributed by atoms with Crippen LogP contribution in [-0.2, 0) is 10.5 Å². The summed E-state index contributed by atoms with van der Waals surface area (Å²) < 4.78 is 10.4. The number of benzene rings is 1. The number of rotatable bonds is 5. The average Bonchev–Trinajstić information content (AvgIpc) is 2.44. The van der Waals surface area contributed by atoms with Crippen LogP contribution in [0.15, 0.2) is 12.1 Å². The van der Waals surface area contributed by atoms with Crippen LogP contribution in [0.2, 0.25) is 5.02 Å². The van der Waals surface area contributed by atoms with Crippen molar-refractivity contribution in [3.8, 4) is 11.5 Å². The zero-order chi connectivity index (χ0) is 15.6. The van der Waals surface area contributed by atoms with Crippen LogP contribution in [0.3, 0.4) is 0 Å². The maximum absolute atomic E-state index is 11.0. The zero-order valence-corrected chi connectivity index (χ0v) is 13.5. The van der Waals surface area contributed by atoms with Crippen molar-refractivity contribution in [1.82, 2.24) is 0 Å². The van der Waals surface area contributed by atoms with E-state index in [-0.39, 0.29) is 0 Å². The molecule has 0 amide bonds. The molecule has 0 bridgehead atoms. The third-order valence-electron chi connectivity index (χ3n) is 3.28. The Morgan fingerprint density at radius 2 is 2.14 bits per heavy atom. The van der Waals surface area contributed by atoms with E-state index in [2.05, 4.69) is 0 Å². The minimum Gasteiger partial charge on any atom is -0.486 e. The first-order valence-corrected chi connectivity index (χ1v) is 7.88. The minimum absolute atomic E-state index is 0.487. The lowest BCUT2D eigenvalue weighted by molar-refractivity contribution is -0.139. The van der Waals surface area contributed by atoms with Crippen molar-refractivity contribution in [3.63, 3.8) is 0 Å². The van der Waals surface area contributed by atoms with Crippen LogP contribution in [0.4, 0.5) is 0 Å². The van der Waals surface area contributed by atoms with Crippen LogP contribution in [-0.4, -0.2) is 35.1 Å². The molecule has 0 radical (unpaired) electrons. The van der Waals surface area contributed by atoms with Crippen LogP contribution >= 0.6 is 23.4 Å². The van der Waals surface area contributed by atoms with Gasteiger partial charge < -0.3 is 20.3 Å². The Bertz CT molecular complexity index is 550. The predicted molar refractivity (Wildman–Crippen MR) is 83.4 cm³/mol. The number of hydrogen-bond donors (Lipinski definition) is 2. The fourth-order valence-electron chi connectivity index (χ4n) is 1.90. The Labute approximate surface area is 132 Å². The number of carboxylic acid groups (broad SMARTS) is 1. The molecule has 1 aliphatic rings. The first kappa shape index (κ1) is 16.3. The lowest BCUT2D eigenvalue weighted by atomic mass is 10.1. The summed E-state index contributed by atoms with van der Waals surface area (Å²) in [5.41, 5.74) is 6.65. The number of aliphatic carboxylic acids is 1. The molecule has 5 nitrogen and oxygen atoms in total. The maximum Gasteiger partial charge on any atom is 0.321 e. The Balaban J connectivity index is 2.10. The number of halogens is 1. The summed E-state index contributed by atoms with van der Waals surface area (Å²) in [6.45, 7) is 4.61. The van der Waals surface area contributed by atoms with Gasteiger partial charge in [0.15, 0.2) is 11.5 Å². The number of ether oxygens (including phenoxy) is 2. The summed E-state index contributed by atoms with van der Waals surface area (Å²) in [6.07, 6.45) is 0. The Kier molecular flexibility index (Phi) is 4.91. The molecular formula is C14H18ClNO4S. The fourth-order valence-corrected chi connectivity index (χ4v) is 3.18. The second-order valence-corrected chi connectivity index (χ2v) is 7.35. The van der Waals surface area contributed by atoms with Gasteiger partial charge in [-0.05, 0) is 31.5 Å². The number of carbonyl (C=O) groups is 1. The van der Waals surface area contributed by atoms with Crippen LogP contribution < -0.4 is 15.2 Å². The molecule has 2 rings (SSSR count). The van der Waals surface area contributed by atoms with E-state index in [9.17, 15) is 4.79 Å². The second-order valence-electron chi connectivity index (χ2n) is 5.31. The van der Waals surface area contributed by atoms with Crippen molar-refractivity contribution < 1.29 is 19.4 Å². The molecule has 0 aliphatic carbocycles. The molecule has 1 aromatic rings. The highest BCUT2D eigenvalue weighted by molar-refractivity contribution is 7.99. The van der Waals surface area contributed by atoms with Gasteiger partial charge >= 0.3 is 5.97 Å². The van der Waals surface area contributed by atoms with E-state index in [1.165, 1.54) is 11.8 Å². The van der Waals surface area contributed by atoms with E-state index in [0.29, 0.717) is 35.5 Å². The molecule has 1 aliphatic heterocycles. The van der Waals surface area contributed by atoms with Gasteiger partial charge in [0.05, 0.1) is 5.02 Å². The van der Waals surface area contributed by atoms with Crippen LogP contribution in [0.1, 0.15) is 19.4 Å². The molecule has 21 heavy (non-hydrogen) atoms. The van der Waals surface area contributed by atoms with Crippen molar-refractivity contribution in [3.05, 3.63) is 22.7 Å². The molecule has 7 heteroatoms. The average molecular weight is 332 g/mol. The molecule has 1 heterocycles. The van der Waals surface area contributed by atoms with Crippen molar-refractivity contribution in [2.24, 2.45) is 5.73 Å². The molecule has 116 valence electrons. The molecule has 0 saturated carbocycles. The minimum atomic E-state index is -1.01. The van der Waals surface area contributed by atoms with Crippen molar-refractivity contribution in [2.75, 3.05) is 13.2 Å².